The van der Waals surface area contributed by atoms with Crippen LogP contribution in [0.5, 0.6) is 0 Å². The Labute approximate surface area is 172 Å². The Balaban J connectivity index is 2.00. The molecule has 1 amide bonds. The summed E-state index contributed by atoms with van der Waals surface area (Å²) < 4.78 is 5.72. The largest absolute Gasteiger partial charge is 0.444 e. The second-order valence-corrected chi connectivity index (χ2v) is 8.98. The van der Waals surface area contributed by atoms with Gasteiger partial charge >= 0.3 is 6.09 Å². The molecule has 1 aliphatic rings. The molecule has 1 saturated heterocycles. The van der Waals surface area contributed by atoms with Gasteiger partial charge in [-0.15, -0.1) is 0 Å². The van der Waals surface area contributed by atoms with Gasteiger partial charge < -0.3 is 15.0 Å². The monoisotopic (exact) mass is 400 g/mol. The van der Waals surface area contributed by atoms with Gasteiger partial charge in [0.2, 0.25) is 0 Å². The van der Waals surface area contributed by atoms with Crippen LogP contribution in [0.3, 0.4) is 0 Å². The van der Waals surface area contributed by atoms with Crippen LogP contribution in [-0.4, -0.2) is 42.3 Å². The first-order valence-corrected chi connectivity index (χ1v) is 10.1. The zero-order valence-electron chi connectivity index (χ0n) is 17.0. The number of nitrogens with one attached hydrogen (secondary N) is 1. The molecule has 0 radical (unpaired) electrons. The average molecular weight is 401 g/mol. The van der Waals surface area contributed by atoms with Gasteiger partial charge in [0.05, 0.1) is 5.54 Å². The standard InChI is InChI=1S/C23H29ClN2O2/c1-22(2,3)28-21(27)26(4)23(14-17-8-6-5-7-9-17)16-25-15-20(23)18-10-12-19(24)13-11-18/h5-13,20,25H,14-16H2,1-4H3/t20-,23+/m0/s1. The van der Waals surface area contributed by atoms with Gasteiger partial charge in [-0.3, -0.25) is 0 Å². The molecule has 5 heteroatoms. The molecule has 1 N–H and O–H groups in total. The van der Waals surface area contributed by atoms with E-state index >= 15 is 0 Å². The number of amides is 1. The van der Waals surface area contributed by atoms with Crippen molar-refractivity contribution in [1.29, 1.82) is 0 Å². The molecule has 0 saturated carbocycles. The molecule has 1 heterocycles. The quantitative estimate of drug-likeness (QED) is 0.795. The molecular formula is C23H29ClN2O2. The minimum absolute atomic E-state index is 0.127. The molecule has 0 spiro atoms. The smallest absolute Gasteiger partial charge is 0.410 e. The van der Waals surface area contributed by atoms with Crippen LogP contribution in [-0.2, 0) is 11.2 Å². The van der Waals surface area contributed by atoms with Crippen LogP contribution < -0.4 is 5.32 Å². The fourth-order valence-corrected chi connectivity index (χ4v) is 4.11. The summed E-state index contributed by atoms with van der Waals surface area (Å²) in [5, 5.41) is 4.22. The molecule has 2 atom stereocenters. The van der Waals surface area contributed by atoms with Crippen LogP contribution in [0.2, 0.25) is 5.02 Å². The molecular weight excluding hydrogens is 372 g/mol. The molecule has 0 aromatic heterocycles. The third-order valence-electron chi connectivity index (χ3n) is 5.39. The first-order valence-electron chi connectivity index (χ1n) is 9.68. The first kappa shape index (κ1) is 20.7. The van der Waals surface area contributed by atoms with Crippen molar-refractivity contribution in [2.75, 3.05) is 20.1 Å². The van der Waals surface area contributed by atoms with E-state index in [9.17, 15) is 4.79 Å². The Hall–Kier alpha value is -2.04. The van der Waals surface area contributed by atoms with E-state index in [0.717, 1.165) is 13.0 Å². The summed E-state index contributed by atoms with van der Waals surface area (Å²) in [6, 6.07) is 18.3. The molecule has 0 bridgehead atoms. The van der Waals surface area contributed by atoms with Crippen LogP contribution in [0.1, 0.15) is 37.8 Å². The van der Waals surface area contributed by atoms with Crippen LogP contribution in [0, 0.1) is 0 Å². The Morgan fingerprint density at radius 1 is 1.18 bits per heavy atom. The number of halogens is 1. The Morgan fingerprint density at radius 2 is 1.82 bits per heavy atom. The predicted octanol–water partition coefficient (Wildman–Crippen LogP) is 4.88. The van der Waals surface area contributed by atoms with Crippen molar-refractivity contribution in [2.24, 2.45) is 0 Å². The molecule has 0 aliphatic carbocycles. The third-order valence-corrected chi connectivity index (χ3v) is 5.64. The van der Waals surface area contributed by atoms with Gasteiger partial charge in [-0.1, -0.05) is 54.1 Å². The number of benzene rings is 2. The summed E-state index contributed by atoms with van der Waals surface area (Å²) in [6.07, 6.45) is 0.440. The molecule has 3 rings (SSSR count). The number of ether oxygens (including phenoxy) is 1. The number of carbonyl (C=O) groups excluding carboxylic acids is 1. The summed E-state index contributed by atoms with van der Waals surface area (Å²) in [5.74, 6) is 0.127. The maximum Gasteiger partial charge on any atom is 0.410 e. The van der Waals surface area contributed by atoms with Crippen molar-refractivity contribution in [3.63, 3.8) is 0 Å². The molecule has 28 heavy (non-hydrogen) atoms. The number of carbonyl (C=O) groups is 1. The minimum Gasteiger partial charge on any atom is -0.444 e. The van der Waals surface area contributed by atoms with Crippen LogP contribution in [0.25, 0.3) is 0 Å². The van der Waals surface area contributed by atoms with Crippen molar-refractivity contribution in [3.8, 4) is 0 Å². The molecule has 2 aromatic rings. The zero-order valence-corrected chi connectivity index (χ0v) is 17.8. The van der Waals surface area contributed by atoms with E-state index < -0.39 is 11.1 Å². The van der Waals surface area contributed by atoms with Crippen LogP contribution >= 0.6 is 11.6 Å². The molecule has 2 aromatic carbocycles. The SMILES string of the molecule is CN(C(=O)OC(C)(C)C)[C@]1(Cc2ccccc2)CNC[C@H]1c1ccc(Cl)cc1. The van der Waals surface area contributed by atoms with E-state index in [2.05, 4.69) is 29.6 Å². The van der Waals surface area contributed by atoms with Crippen molar-refractivity contribution < 1.29 is 9.53 Å². The highest BCUT2D eigenvalue weighted by Gasteiger charge is 2.49. The molecule has 1 aliphatic heterocycles. The van der Waals surface area contributed by atoms with Gasteiger partial charge in [0.1, 0.15) is 5.60 Å². The zero-order chi connectivity index (χ0) is 20.4. The second kappa shape index (κ2) is 8.14. The van der Waals surface area contributed by atoms with Crippen LogP contribution in [0.4, 0.5) is 4.79 Å². The molecule has 0 unspecified atom stereocenters. The lowest BCUT2D eigenvalue weighted by molar-refractivity contribution is 0.00512. The Kier molecular flexibility index (Phi) is 6.01. The fourth-order valence-electron chi connectivity index (χ4n) is 3.99. The summed E-state index contributed by atoms with van der Waals surface area (Å²) in [6.45, 7) is 7.18. The summed E-state index contributed by atoms with van der Waals surface area (Å²) >= 11 is 6.10. The molecule has 150 valence electrons. The van der Waals surface area contributed by atoms with Gasteiger partial charge in [-0.25, -0.2) is 4.79 Å². The Bertz CT molecular complexity index is 802. The highest BCUT2D eigenvalue weighted by Crippen LogP contribution is 2.39. The van der Waals surface area contributed by atoms with Gasteiger partial charge in [-0.05, 0) is 50.5 Å². The minimum atomic E-state index is -0.541. The van der Waals surface area contributed by atoms with Gasteiger partial charge in [-0.2, -0.15) is 0 Å². The second-order valence-electron chi connectivity index (χ2n) is 8.54. The summed E-state index contributed by atoms with van der Waals surface area (Å²) in [4.78, 5) is 14.8. The maximum atomic E-state index is 13.0. The van der Waals surface area contributed by atoms with E-state index in [0.29, 0.717) is 11.6 Å². The summed E-state index contributed by atoms with van der Waals surface area (Å²) in [7, 11) is 1.85. The number of hydrogen-bond acceptors (Lipinski definition) is 3. The van der Waals surface area contributed by atoms with Crippen molar-refractivity contribution >= 4 is 17.7 Å². The van der Waals surface area contributed by atoms with Gasteiger partial charge in [0.15, 0.2) is 0 Å². The van der Waals surface area contributed by atoms with E-state index in [1.807, 2.05) is 58.2 Å². The highest BCUT2D eigenvalue weighted by molar-refractivity contribution is 6.30. The third kappa shape index (κ3) is 4.50. The van der Waals surface area contributed by atoms with Crippen LogP contribution in [0.15, 0.2) is 54.6 Å². The topological polar surface area (TPSA) is 41.6 Å². The lowest BCUT2D eigenvalue weighted by Crippen LogP contribution is -2.56. The van der Waals surface area contributed by atoms with E-state index in [1.54, 1.807) is 4.90 Å². The average Bonchev–Trinajstić information content (AvgIpc) is 3.05. The number of likely N-dealkylation sites (N-methyl/N-ethyl adjacent to an activating group) is 1. The number of hydrogen-bond donors (Lipinski definition) is 1. The predicted molar refractivity (Wildman–Crippen MR) is 114 cm³/mol. The number of rotatable bonds is 4. The maximum absolute atomic E-state index is 13.0. The van der Waals surface area contributed by atoms with E-state index in [4.69, 9.17) is 16.3 Å². The van der Waals surface area contributed by atoms with E-state index in [1.165, 1.54) is 11.1 Å². The molecule has 4 nitrogen and oxygen atoms in total. The fraction of sp³-hybridized carbons (Fsp3) is 0.435. The van der Waals surface area contributed by atoms with E-state index in [-0.39, 0.29) is 12.0 Å². The number of nitrogens with zero attached hydrogens (tertiary/aromatic N) is 1. The molecule has 1 fully saturated rings. The van der Waals surface area contributed by atoms with Crippen molar-refractivity contribution in [2.45, 2.75) is 44.2 Å². The lowest BCUT2D eigenvalue weighted by atomic mass is 9.76. The van der Waals surface area contributed by atoms with Gasteiger partial charge in [0.25, 0.3) is 0 Å². The van der Waals surface area contributed by atoms with Crippen molar-refractivity contribution in [1.82, 2.24) is 10.2 Å². The summed E-state index contributed by atoms with van der Waals surface area (Å²) in [5.41, 5.74) is 1.39. The normalized spacial score (nSPS) is 22.1. The van der Waals surface area contributed by atoms with Crippen molar-refractivity contribution in [3.05, 3.63) is 70.7 Å². The lowest BCUT2D eigenvalue weighted by Gasteiger charge is -2.43. The highest BCUT2D eigenvalue weighted by atomic mass is 35.5. The Morgan fingerprint density at radius 3 is 2.43 bits per heavy atom. The first-order chi connectivity index (χ1) is 13.2. The van der Waals surface area contributed by atoms with Gasteiger partial charge in [0, 0.05) is 31.1 Å².